The lowest BCUT2D eigenvalue weighted by Crippen LogP contribution is -2.50. The molecule has 0 aliphatic rings. The Labute approximate surface area is 136 Å². The van der Waals surface area contributed by atoms with E-state index in [9.17, 15) is 9.59 Å². The molecule has 0 heterocycles. The number of amides is 1. The third-order valence-corrected chi connectivity index (χ3v) is 3.22. The molecule has 0 aliphatic heterocycles. The van der Waals surface area contributed by atoms with Crippen LogP contribution in [-0.4, -0.2) is 47.1 Å². The first kappa shape index (κ1) is 20.2. The van der Waals surface area contributed by atoms with E-state index in [0.29, 0.717) is 13.2 Å². The summed E-state index contributed by atoms with van der Waals surface area (Å²) >= 11 is 3.35. The van der Waals surface area contributed by atoms with E-state index >= 15 is 0 Å². The van der Waals surface area contributed by atoms with Crippen LogP contribution in [-0.2, 0) is 14.3 Å². The minimum Gasteiger partial charge on any atom is -0.464 e. The third kappa shape index (κ3) is 7.69. The van der Waals surface area contributed by atoms with Crippen LogP contribution in [0.1, 0.15) is 48.0 Å². The van der Waals surface area contributed by atoms with Gasteiger partial charge in [-0.2, -0.15) is 0 Å². The monoisotopic (exact) mass is 365 g/mol. The highest BCUT2D eigenvalue weighted by atomic mass is 79.9. The molecule has 0 radical (unpaired) electrons. The van der Waals surface area contributed by atoms with Crippen molar-refractivity contribution in [2.75, 3.05) is 18.5 Å². The van der Waals surface area contributed by atoms with Crippen LogP contribution < -0.4 is 0 Å². The minimum absolute atomic E-state index is 0.0492. The Kier molecular flexibility index (Phi) is 8.94. The van der Waals surface area contributed by atoms with E-state index in [0.717, 1.165) is 11.8 Å². The van der Waals surface area contributed by atoms with Gasteiger partial charge in [0.25, 0.3) is 0 Å². The fraction of sp³-hybridized carbons (Fsp3) is 0.867. The molecule has 0 aromatic heterocycles. The van der Waals surface area contributed by atoms with Crippen LogP contribution >= 0.6 is 15.9 Å². The van der Waals surface area contributed by atoms with Crippen molar-refractivity contribution in [3.63, 3.8) is 0 Å². The lowest BCUT2D eigenvalue weighted by atomic mass is 10.0. The summed E-state index contributed by atoms with van der Waals surface area (Å²) < 4.78 is 10.5. The van der Waals surface area contributed by atoms with Gasteiger partial charge in [-0.05, 0) is 40.0 Å². The fourth-order valence-corrected chi connectivity index (χ4v) is 2.13. The quantitative estimate of drug-likeness (QED) is 0.510. The molecule has 0 bridgehead atoms. The van der Waals surface area contributed by atoms with Gasteiger partial charge in [-0.3, -0.25) is 4.90 Å². The molecule has 0 rings (SSSR count). The Bertz CT molecular complexity index is 339. The van der Waals surface area contributed by atoms with E-state index in [1.807, 2.05) is 34.6 Å². The summed E-state index contributed by atoms with van der Waals surface area (Å²) in [6, 6.07) is -0.626. The molecule has 6 heteroatoms. The van der Waals surface area contributed by atoms with Crippen LogP contribution in [0.15, 0.2) is 0 Å². The maximum atomic E-state index is 12.4. The standard InChI is InChI=1S/C15H28BrNO4/c1-7-20-13(18)12(11(2)3)17(10-8-9-16)14(19)21-15(4,5)6/h11-12H,7-10H2,1-6H3/t12-/m0/s1. The summed E-state index contributed by atoms with van der Waals surface area (Å²) in [7, 11) is 0. The van der Waals surface area contributed by atoms with Crippen LogP contribution in [0.3, 0.4) is 0 Å². The SMILES string of the molecule is CCOC(=O)[C@H](C(C)C)N(CCCBr)C(=O)OC(C)(C)C. The first-order valence-electron chi connectivity index (χ1n) is 7.36. The molecule has 21 heavy (non-hydrogen) atoms. The van der Waals surface area contributed by atoms with E-state index in [1.165, 1.54) is 4.90 Å². The van der Waals surface area contributed by atoms with Gasteiger partial charge in [-0.1, -0.05) is 29.8 Å². The topological polar surface area (TPSA) is 55.8 Å². The number of halogens is 1. The highest BCUT2D eigenvalue weighted by Crippen LogP contribution is 2.18. The van der Waals surface area contributed by atoms with Crippen LogP contribution in [0.25, 0.3) is 0 Å². The Balaban J connectivity index is 5.22. The van der Waals surface area contributed by atoms with Gasteiger partial charge in [0.1, 0.15) is 11.6 Å². The second kappa shape index (κ2) is 9.28. The fourth-order valence-electron chi connectivity index (χ4n) is 1.88. The highest BCUT2D eigenvalue weighted by molar-refractivity contribution is 9.09. The van der Waals surface area contributed by atoms with Crippen LogP contribution in [0, 0.1) is 5.92 Å². The predicted octanol–water partition coefficient (Wildman–Crippen LogP) is 3.60. The first-order chi connectivity index (χ1) is 9.64. The summed E-state index contributed by atoms with van der Waals surface area (Å²) in [5, 5.41) is 0.750. The molecule has 0 N–H and O–H groups in total. The van der Waals surface area contributed by atoms with Gasteiger partial charge in [0, 0.05) is 11.9 Å². The van der Waals surface area contributed by atoms with Crippen LogP contribution in [0.5, 0.6) is 0 Å². The number of nitrogens with zero attached hydrogens (tertiary/aromatic N) is 1. The number of alkyl halides is 1. The largest absolute Gasteiger partial charge is 0.464 e. The average molecular weight is 366 g/mol. The maximum Gasteiger partial charge on any atom is 0.411 e. The molecule has 0 fully saturated rings. The van der Waals surface area contributed by atoms with Gasteiger partial charge in [0.2, 0.25) is 0 Å². The van der Waals surface area contributed by atoms with Gasteiger partial charge in [-0.25, -0.2) is 9.59 Å². The van der Waals surface area contributed by atoms with E-state index in [-0.39, 0.29) is 11.9 Å². The van der Waals surface area contributed by atoms with Crippen LogP contribution in [0.2, 0.25) is 0 Å². The second-order valence-electron chi connectivity index (χ2n) is 6.16. The predicted molar refractivity (Wildman–Crippen MR) is 86.6 cm³/mol. The number of carbonyl (C=O) groups excluding carboxylic acids is 2. The van der Waals surface area contributed by atoms with Gasteiger partial charge in [0.15, 0.2) is 0 Å². The molecule has 124 valence electrons. The molecule has 0 aromatic carbocycles. The molecule has 0 aliphatic carbocycles. The van der Waals surface area contributed by atoms with Crippen molar-refractivity contribution in [1.29, 1.82) is 0 Å². The summed E-state index contributed by atoms with van der Waals surface area (Å²) in [4.78, 5) is 26.1. The zero-order chi connectivity index (χ0) is 16.6. The average Bonchev–Trinajstić information content (AvgIpc) is 2.31. The molecule has 1 atom stereocenters. The highest BCUT2D eigenvalue weighted by Gasteiger charge is 2.35. The molecule has 0 unspecified atom stereocenters. The molecule has 0 saturated heterocycles. The van der Waals surface area contributed by atoms with E-state index < -0.39 is 17.7 Å². The third-order valence-electron chi connectivity index (χ3n) is 2.66. The number of ether oxygens (including phenoxy) is 2. The van der Waals surface area contributed by atoms with E-state index in [2.05, 4.69) is 15.9 Å². The van der Waals surface area contributed by atoms with Crippen molar-refractivity contribution in [2.45, 2.75) is 59.6 Å². The zero-order valence-electron chi connectivity index (χ0n) is 13.9. The molecular formula is C15H28BrNO4. The smallest absolute Gasteiger partial charge is 0.411 e. The van der Waals surface area contributed by atoms with Gasteiger partial charge in [-0.15, -0.1) is 0 Å². The Morgan fingerprint density at radius 1 is 1.24 bits per heavy atom. The molecule has 0 saturated carbocycles. The van der Waals surface area contributed by atoms with Gasteiger partial charge in [0.05, 0.1) is 6.61 Å². The summed E-state index contributed by atoms with van der Waals surface area (Å²) in [5.41, 5.74) is -0.597. The Morgan fingerprint density at radius 3 is 2.19 bits per heavy atom. The van der Waals surface area contributed by atoms with Crippen molar-refractivity contribution in [3.05, 3.63) is 0 Å². The number of hydrogen-bond acceptors (Lipinski definition) is 4. The summed E-state index contributed by atoms with van der Waals surface area (Å²) in [6.07, 6.45) is 0.261. The second-order valence-corrected chi connectivity index (χ2v) is 6.95. The number of rotatable bonds is 7. The van der Waals surface area contributed by atoms with Gasteiger partial charge < -0.3 is 9.47 Å². The van der Waals surface area contributed by atoms with Crippen molar-refractivity contribution in [3.8, 4) is 0 Å². The minimum atomic E-state index is -0.626. The lowest BCUT2D eigenvalue weighted by molar-refractivity contribution is -0.151. The summed E-state index contributed by atoms with van der Waals surface area (Å²) in [5.74, 6) is -0.431. The number of hydrogen-bond donors (Lipinski definition) is 0. The van der Waals surface area contributed by atoms with Crippen LogP contribution in [0.4, 0.5) is 4.79 Å². The first-order valence-corrected chi connectivity index (χ1v) is 8.48. The molecule has 5 nitrogen and oxygen atoms in total. The van der Waals surface area contributed by atoms with Crippen molar-refractivity contribution < 1.29 is 19.1 Å². The molecular weight excluding hydrogens is 338 g/mol. The molecule has 0 spiro atoms. The lowest BCUT2D eigenvalue weighted by Gasteiger charge is -2.34. The van der Waals surface area contributed by atoms with Crippen molar-refractivity contribution >= 4 is 28.0 Å². The molecule has 1 amide bonds. The summed E-state index contributed by atoms with van der Waals surface area (Å²) in [6.45, 7) is 11.7. The van der Waals surface area contributed by atoms with E-state index in [1.54, 1.807) is 6.92 Å². The number of esters is 1. The molecule has 0 aromatic rings. The normalized spacial score (nSPS) is 13.0. The van der Waals surface area contributed by atoms with Crippen molar-refractivity contribution in [2.24, 2.45) is 5.92 Å². The van der Waals surface area contributed by atoms with E-state index in [4.69, 9.17) is 9.47 Å². The van der Waals surface area contributed by atoms with Crippen molar-refractivity contribution in [1.82, 2.24) is 4.90 Å². The maximum absolute atomic E-state index is 12.4. The van der Waals surface area contributed by atoms with Gasteiger partial charge >= 0.3 is 12.1 Å². The zero-order valence-corrected chi connectivity index (χ0v) is 15.5. The Hall–Kier alpha value is -0.780. The Morgan fingerprint density at radius 2 is 1.81 bits per heavy atom. The number of carbonyl (C=O) groups is 2.